The molecular weight excluding hydrogens is 304 g/mol. The summed E-state index contributed by atoms with van der Waals surface area (Å²) in [6.07, 6.45) is 1.92. The molecule has 0 aromatic heterocycles. The molecule has 1 aromatic rings. The van der Waals surface area contributed by atoms with Crippen LogP contribution in [0.1, 0.15) is 30.5 Å². The zero-order valence-electron chi connectivity index (χ0n) is 14.8. The third-order valence-electron chi connectivity index (χ3n) is 4.19. The van der Waals surface area contributed by atoms with Gasteiger partial charge in [0.1, 0.15) is 0 Å². The molecule has 128 valence electrons. The van der Waals surface area contributed by atoms with Gasteiger partial charge in [0, 0.05) is 0 Å². The Morgan fingerprint density at radius 1 is 1.42 bits per heavy atom. The number of aryl methyl sites for hydroxylation is 2. The van der Waals surface area contributed by atoms with Crippen molar-refractivity contribution in [1.29, 1.82) is 0 Å². The van der Waals surface area contributed by atoms with Gasteiger partial charge in [-0.15, -0.1) is 4.91 Å². The molecule has 0 saturated carbocycles. The molecule has 1 aromatic carbocycles. The maximum atomic E-state index is 11.5. The zero-order chi connectivity index (χ0) is 17.7. The van der Waals surface area contributed by atoms with Gasteiger partial charge in [0.25, 0.3) is 0 Å². The molecule has 5 nitrogen and oxygen atoms in total. The van der Waals surface area contributed by atoms with Gasteiger partial charge in [0.05, 0.1) is 25.4 Å². The van der Waals surface area contributed by atoms with Crippen molar-refractivity contribution in [3.8, 4) is 0 Å². The van der Waals surface area contributed by atoms with E-state index in [9.17, 15) is 4.91 Å². The first-order valence-corrected chi connectivity index (χ1v) is 8.00. The first-order chi connectivity index (χ1) is 11.5. The van der Waals surface area contributed by atoms with Crippen molar-refractivity contribution >= 4 is 12.3 Å². The highest BCUT2D eigenvalue weighted by Crippen LogP contribution is 2.36. The van der Waals surface area contributed by atoms with Gasteiger partial charge in [0.2, 0.25) is 5.88 Å². The molecule has 0 aliphatic carbocycles. The Bertz CT molecular complexity index is 701. The second kappa shape index (κ2) is 7.53. The summed E-state index contributed by atoms with van der Waals surface area (Å²) in [6.45, 7) is 12.5. The van der Waals surface area contributed by atoms with E-state index in [0.29, 0.717) is 18.1 Å². The molecule has 24 heavy (non-hydrogen) atoms. The average Bonchev–Trinajstić information content (AvgIpc) is 2.53. The van der Waals surface area contributed by atoms with E-state index in [1.807, 2.05) is 19.9 Å². The molecule has 0 amide bonds. The Kier molecular flexibility index (Phi) is 5.67. The fourth-order valence-electron chi connectivity index (χ4n) is 2.75. The third-order valence-corrected chi connectivity index (χ3v) is 4.19. The summed E-state index contributed by atoms with van der Waals surface area (Å²) in [7, 11) is 0. The normalized spacial score (nSPS) is 17.6. The van der Waals surface area contributed by atoms with Crippen LogP contribution in [0, 0.1) is 18.8 Å². The molecule has 0 unspecified atom stereocenters. The summed E-state index contributed by atoms with van der Waals surface area (Å²) >= 11 is 0. The Morgan fingerprint density at radius 3 is 2.62 bits per heavy atom. The zero-order valence-corrected chi connectivity index (χ0v) is 14.8. The van der Waals surface area contributed by atoms with Crippen LogP contribution >= 0.6 is 0 Å². The van der Waals surface area contributed by atoms with Crippen molar-refractivity contribution in [1.82, 2.24) is 0 Å². The number of nitrogens with zero attached hydrogens (tertiary/aromatic N) is 2. The fraction of sp³-hybridized carbons (Fsp3) is 0.421. The molecule has 0 spiro atoms. The van der Waals surface area contributed by atoms with E-state index in [2.05, 4.69) is 48.9 Å². The van der Waals surface area contributed by atoms with E-state index >= 15 is 0 Å². The number of hydrogen-bond acceptors (Lipinski definition) is 5. The van der Waals surface area contributed by atoms with Gasteiger partial charge >= 0.3 is 0 Å². The lowest BCUT2D eigenvalue weighted by atomic mass is 9.86. The predicted molar refractivity (Wildman–Crippen MR) is 97.1 cm³/mol. The summed E-state index contributed by atoms with van der Waals surface area (Å²) in [5, 5.41) is 3.32. The lowest BCUT2D eigenvalue weighted by Gasteiger charge is -2.36. The summed E-state index contributed by atoms with van der Waals surface area (Å²) in [5.74, 6) is 0.338. The summed E-state index contributed by atoms with van der Waals surface area (Å²) in [6, 6.07) is 6.29. The van der Waals surface area contributed by atoms with Crippen molar-refractivity contribution in [3.05, 3.63) is 57.3 Å². The second-order valence-corrected chi connectivity index (χ2v) is 6.07. The van der Waals surface area contributed by atoms with E-state index in [0.717, 1.165) is 16.7 Å². The number of ether oxygens (including phenoxy) is 2. The van der Waals surface area contributed by atoms with Crippen LogP contribution in [0.4, 0.5) is 0 Å². The number of benzene rings is 1. The van der Waals surface area contributed by atoms with Gasteiger partial charge in [-0.25, -0.2) is 4.99 Å². The summed E-state index contributed by atoms with van der Waals surface area (Å²) in [5.41, 5.74) is 4.15. The lowest BCUT2D eigenvalue weighted by Crippen LogP contribution is -2.49. The topological polar surface area (TPSA) is 60.2 Å². The van der Waals surface area contributed by atoms with Gasteiger partial charge < -0.3 is 9.47 Å². The summed E-state index contributed by atoms with van der Waals surface area (Å²) in [4.78, 5) is 15.5. The first-order valence-electron chi connectivity index (χ1n) is 8.00. The molecule has 2 rings (SSSR count). The van der Waals surface area contributed by atoms with Gasteiger partial charge in [-0.2, -0.15) is 0 Å². The van der Waals surface area contributed by atoms with E-state index in [1.54, 1.807) is 0 Å². The van der Waals surface area contributed by atoms with E-state index in [-0.39, 0.29) is 13.2 Å². The molecule has 1 aliphatic heterocycles. The molecular formula is C19H24N2O3. The van der Waals surface area contributed by atoms with Gasteiger partial charge in [-0.1, -0.05) is 28.9 Å². The molecule has 0 bridgehead atoms. The number of rotatable bonds is 7. The quantitative estimate of drug-likeness (QED) is 0.326. The van der Waals surface area contributed by atoms with Crippen LogP contribution in [0.15, 0.2) is 45.9 Å². The number of nitroso groups, excluding NO2 is 1. The number of hydrogen-bond donors (Lipinski definition) is 0. The molecule has 1 heterocycles. The van der Waals surface area contributed by atoms with Crippen molar-refractivity contribution in [2.24, 2.45) is 10.2 Å². The van der Waals surface area contributed by atoms with Crippen LogP contribution in [-0.4, -0.2) is 32.1 Å². The molecule has 0 atom stereocenters. The molecule has 0 radical (unpaired) electrons. The van der Waals surface area contributed by atoms with Crippen molar-refractivity contribution < 1.29 is 9.47 Å². The smallest absolute Gasteiger partial charge is 0.218 e. The molecule has 5 heteroatoms. The van der Waals surface area contributed by atoms with Crippen LogP contribution in [0.5, 0.6) is 0 Å². The Hall–Kier alpha value is -2.27. The van der Waals surface area contributed by atoms with Gasteiger partial charge in [-0.3, -0.25) is 0 Å². The SMILES string of the molecule is C=N/C(OCC)=C(\C=C(/C)c1cc(C)ccc1C)C1(N=O)COC1. The van der Waals surface area contributed by atoms with Crippen LogP contribution in [0.25, 0.3) is 5.57 Å². The third kappa shape index (κ3) is 3.46. The van der Waals surface area contributed by atoms with Crippen LogP contribution < -0.4 is 0 Å². The molecule has 1 aliphatic rings. The monoisotopic (exact) mass is 328 g/mol. The van der Waals surface area contributed by atoms with Crippen molar-refractivity contribution in [3.63, 3.8) is 0 Å². The van der Waals surface area contributed by atoms with Crippen LogP contribution in [-0.2, 0) is 9.47 Å². The average molecular weight is 328 g/mol. The maximum Gasteiger partial charge on any atom is 0.218 e. The van der Waals surface area contributed by atoms with Gasteiger partial charge in [-0.05, 0) is 57.2 Å². The van der Waals surface area contributed by atoms with Crippen molar-refractivity contribution in [2.75, 3.05) is 19.8 Å². The van der Waals surface area contributed by atoms with Crippen LogP contribution in [0.3, 0.4) is 0 Å². The summed E-state index contributed by atoms with van der Waals surface area (Å²) < 4.78 is 10.8. The largest absolute Gasteiger partial charge is 0.478 e. The lowest BCUT2D eigenvalue weighted by molar-refractivity contribution is -0.0339. The highest BCUT2D eigenvalue weighted by Gasteiger charge is 2.46. The molecule has 0 N–H and O–H groups in total. The highest BCUT2D eigenvalue weighted by molar-refractivity contribution is 5.70. The minimum absolute atomic E-state index is 0.231. The second-order valence-electron chi connectivity index (χ2n) is 6.07. The highest BCUT2D eigenvalue weighted by atomic mass is 16.5. The van der Waals surface area contributed by atoms with Crippen molar-refractivity contribution in [2.45, 2.75) is 33.2 Å². The van der Waals surface area contributed by atoms with E-state index < -0.39 is 5.54 Å². The Balaban J connectivity index is 2.57. The van der Waals surface area contributed by atoms with E-state index in [4.69, 9.17) is 9.47 Å². The molecule has 1 fully saturated rings. The fourth-order valence-corrected chi connectivity index (χ4v) is 2.75. The Labute approximate surface area is 143 Å². The predicted octanol–water partition coefficient (Wildman–Crippen LogP) is 4.19. The minimum Gasteiger partial charge on any atom is -0.478 e. The Morgan fingerprint density at radius 2 is 2.12 bits per heavy atom. The first kappa shape index (κ1) is 18.1. The van der Waals surface area contributed by atoms with Crippen LogP contribution in [0.2, 0.25) is 0 Å². The number of aliphatic imine (C=N–C) groups is 1. The number of allylic oxidation sites excluding steroid dienone is 1. The maximum absolute atomic E-state index is 11.5. The van der Waals surface area contributed by atoms with E-state index in [1.165, 1.54) is 5.56 Å². The van der Waals surface area contributed by atoms with Gasteiger partial charge in [0.15, 0.2) is 5.54 Å². The minimum atomic E-state index is -0.954. The standard InChI is InChI=1S/C19H24N2O3/c1-6-24-18(20-5)17(19(21-22)11-23-12-19)10-15(4)16-9-13(2)7-8-14(16)3/h7-10H,5-6,11-12H2,1-4H3/b15-10+,18-17-. The molecule has 1 saturated heterocycles.